The molecule has 1 aromatic carbocycles. The molecule has 0 fully saturated rings. The minimum atomic E-state index is -0.999. The fourth-order valence-electron chi connectivity index (χ4n) is 0.746. The van der Waals surface area contributed by atoms with Crippen LogP contribution in [0, 0.1) is 0 Å². The van der Waals surface area contributed by atoms with Gasteiger partial charge in [0, 0.05) is 6.08 Å². The third-order valence-electron chi connectivity index (χ3n) is 1.30. The zero-order valence-corrected chi connectivity index (χ0v) is 6.23. The molecule has 3 nitrogen and oxygen atoms in total. The first-order valence-electron chi connectivity index (χ1n) is 3.36. The molecule has 0 aliphatic rings. The fourth-order valence-corrected chi connectivity index (χ4v) is 0.746. The van der Waals surface area contributed by atoms with E-state index in [1.54, 1.807) is 12.1 Å². The first-order valence-corrected chi connectivity index (χ1v) is 3.36. The van der Waals surface area contributed by atoms with Gasteiger partial charge in [-0.1, -0.05) is 12.1 Å². The maximum atomic E-state index is 10.6. The molecular formula is C9H7O3. The highest BCUT2D eigenvalue weighted by molar-refractivity contribution is 5.85. The number of carbonyl (C=O) groups is 1. The van der Waals surface area contributed by atoms with E-state index in [1.807, 2.05) is 0 Å². The van der Waals surface area contributed by atoms with Gasteiger partial charge in [0.15, 0.2) is 5.75 Å². The Morgan fingerprint density at radius 3 is 2.33 bits per heavy atom. The van der Waals surface area contributed by atoms with E-state index in [2.05, 4.69) is 0 Å². The van der Waals surface area contributed by atoms with Gasteiger partial charge in [0.2, 0.25) is 0 Å². The summed E-state index contributed by atoms with van der Waals surface area (Å²) in [4.78, 5) is 10.1. The maximum Gasteiger partial charge on any atom is 0.328 e. The van der Waals surface area contributed by atoms with Crippen LogP contribution in [0.15, 0.2) is 30.3 Å². The van der Waals surface area contributed by atoms with Gasteiger partial charge in [0.25, 0.3) is 0 Å². The molecule has 0 saturated carbocycles. The van der Waals surface area contributed by atoms with Crippen molar-refractivity contribution in [3.63, 3.8) is 0 Å². The minimum absolute atomic E-state index is 0.0810. The predicted octanol–water partition coefficient (Wildman–Crippen LogP) is 1.93. The Kier molecular flexibility index (Phi) is 2.48. The molecule has 0 heterocycles. The summed E-state index contributed by atoms with van der Waals surface area (Å²) in [6, 6.07) is 5.92. The number of rotatable bonds is 2. The van der Waals surface area contributed by atoms with Gasteiger partial charge in [-0.05, 0) is 23.8 Å². The van der Waals surface area contributed by atoms with Crippen molar-refractivity contribution in [1.29, 1.82) is 0 Å². The Morgan fingerprint density at radius 2 is 1.83 bits per heavy atom. The second-order valence-corrected chi connectivity index (χ2v) is 2.24. The normalized spacial score (nSPS) is 10.3. The summed E-state index contributed by atoms with van der Waals surface area (Å²) in [6.45, 7) is 0. The average molecular weight is 163 g/mol. The monoisotopic (exact) mass is 163 g/mol. The molecule has 0 unspecified atom stereocenters. The van der Waals surface area contributed by atoms with Crippen molar-refractivity contribution < 1.29 is 15.0 Å². The summed E-state index contributed by atoms with van der Waals surface area (Å²) >= 11 is 0. The number of carboxylic acid groups (broad SMARTS) is 1. The standard InChI is InChI=1S/C9H7O3/c10-8-4-1-7(2-5-8)3-6-9(11)12/h1-6H,(H,11,12)/b6-3+. The van der Waals surface area contributed by atoms with Gasteiger partial charge < -0.3 is 5.11 Å². The van der Waals surface area contributed by atoms with Crippen LogP contribution < -0.4 is 0 Å². The number of benzene rings is 1. The van der Waals surface area contributed by atoms with Crippen LogP contribution in [0.25, 0.3) is 6.08 Å². The van der Waals surface area contributed by atoms with Gasteiger partial charge in [-0.25, -0.2) is 4.79 Å². The molecule has 0 amide bonds. The summed E-state index contributed by atoms with van der Waals surface area (Å²) in [7, 11) is 0. The second kappa shape index (κ2) is 3.57. The summed E-state index contributed by atoms with van der Waals surface area (Å²) in [5.74, 6) is -1.08. The van der Waals surface area contributed by atoms with Crippen LogP contribution in [0.2, 0.25) is 0 Å². The molecule has 1 aromatic rings. The number of aliphatic carboxylic acids is 1. The molecule has 1 rings (SSSR count). The van der Waals surface area contributed by atoms with Gasteiger partial charge >= 0.3 is 5.97 Å². The van der Waals surface area contributed by atoms with Crippen LogP contribution in [-0.4, -0.2) is 11.1 Å². The molecule has 12 heavy (non-hydrogen) atoms. The molecule has 1 radical (unpaired) electrons. The van der Waals surface area contributed by atoms with Crippen molar-refractivity contribution in [1.82, 2.24) is 0 Å². The largest absolute Gasteiger partial charge is 0.478 e. The highest BCUT2D eigenvalue weighted by Gasteiger charge is 1.90. The van der Waals surface area contributed by atoms with Gasteiger partial charge in [-0.15, -0.1) is 0 Å². The zero-order chi connectivity index (χ0) is 8.97. The van der Waals surface area contributed by atoms with Crippen LogP contribution >= 0.6 is 0 Å². The third kappa shape index (κ3) is 2.46. The highest BCUT2D eigenvalue weighted by atomic mass is 16.4. The summed E-state index contributed by atoms with van der Waals surface area (Å²) in [5.41, 5.74) is 0.706. The Bertz CT molecular complexity index is 298. The van der Waals surface area contributed by atoms with Crippen LogP contribution in [0.4, 0.5) is 0 Å². The summed E-state index contributed by atoms with van der Waals surface area (Å²) in [5, 5.41) is 18.9. The SMILES string of the molecule is [O]c1ccc(/C=C/C(=O)O)cc1. The lowest BCUT2D eigenvalue weighted by Gasteiger charge is -1.90. The molecular weight excluding hydrogens is 156 g/mol. The van der Waals surface area contributed by atoms with E-state index in [1.165, 1.54) is 18.2 Å². The van der Waals surface area contributed by atoms with E-state index >= 15 is 0 Å². The van der Waals surface area contributed by atoms with Crippen LogP contribution in [0.1, 0.15) is 5.56 Å². The number of hydrogen-bond acceptors (Lipinski definition) is 1. The van der Waals surface area contributed by atoms with E-state index in [-0.39, 0.29) is 5.75 Å². The van der Waals surface area contributed by atoms with Crippen LogP contribution in [0.3, 0.4) is 0 Å². The Hall–Kier alpha value is -1.77. The van der Waals surface area contributed by atoms with Crippen LogP contribution in [0.5, 0.6) is 5.75 Å². The lowest BCUT2D eigenvalue weighted by atomic mass is 10.2. The van der Waals surface area contributed by atoms with E-state index in [4.69, 9.17) is 5.11 Å². The van der Waals surface area contributed by atoms with E-state index < -0.39 is 5.97 Å². The second-order valence-electron chi connectivity index (χ2n) is 2.24. The molecule has 0 aliphatic carbocycles. The lowest BCUT2D eigenvalue weighted by molar-refractivity contribution is -0.131. The topological polar surface area (TPSA) is 57.2 Å². The molecule has 1 N–H and O–H groups in total. The molecule has 0 spiro atoms. The fraction of sp³-hybridized carbons (Fsp3) is 0. The molecule has 0 saturated heterocycles. The van der Waals surface area contributed by atoms with Crippen molar-refractivity contribution in [2.24, 2.45) is 0 Å². The summed E-state index contributed by atoms with van der Waals surface area (Å²) in [6.07, 6.45) is 2.46. The van der Waals surface area contributed by atoms with Crippen LogP contribution in [-0.2, 0) is 9.90 Å². The van der Waals surface area contributed by atoms with Gasteiger partial charge in [0.05, 0.1) is 0 Å². The van der Waals surface area contributed by atoms with Crippen molar-refractivity contribution in [3.8, 4) is 5.75 Å². The number of hydrogen-bond donors (Lipinski definition) is 1. The minimum Gasteiger partial charge on any atom is -0.478 e. The first kappa shape index (κ1) is 8.33. The van der Waals surface area contributed by atoms with E-state index in [9.17, 15) is 9.90 Å². The smallest absolute Gasteiger partial charge is 0.328 e. The Labute approximate surface area is 69.6 Å². The van der Waals surface area contributed by atoms with Crippen molar-refractivity contribution >= 4 is 12.0 Å². The van der Waals surface area contributed by atoms with Gasteiger partial charge in [-0.2, -0.15) is 0 Å². The molecule has 3 heteroatoms. The van der Waals surface area contributed by atoms with Crippen molar-refractivity contribution in [2.45, 2.75) is 0 Å². The average Bonchev–Trinajstić information content (AvgIpc) is 2.03. The summed E-state index contributed by atoms with van der Waals surface area (Å²) < 4.78 is 0. The predicted molar refractivity (Wildman–Crippen MR) is 43.2 cm³/mol. The maximum absolute atomic E-state index is 10.6. The molecule has 0 aromatic heterocycles. The van der Waals surface area contributed by atoms with Crippen molar-refractivity contribution in [2.75, 3.05) is 0 Å². The lowest BCUT2D eigenvalue weighted by Crippen LogP contribution is -1.85. The zero-order valence-electron chi connectivity index (χ0n) is 6.23. The van der Waals surface area contributed by atoms with Crippen molar-refractivity contribution in [3.05, 3.63) is 35.9 Å². The molecule has 0 aliphatic heterocycles. The Balaban J connectivity index is 2.77. The molecule has 0 atom stereocenters. The molecule has 0 bridgehead atoms. The molecule has 61 valence electrons. The Morgan fingerprint density at radius 1 is 1.25 bits per heavy atom. The quantitative estimate of drug-likeness (QED) is 0.677. The van der Waals surface area contributed by atoms with E-state index in [0.717, 1.165) is 6.08 Å². The van der Waals surface area contributed by atoms with Gasteiger partial charge in [-0.3, -0.25) is 5.11 Å². The third-order valence-corrected chi connectivity index (χ3v) is 1.30. The number of carboxylic acids is 1. The highest BCUT2D eigenvalue weighted by Crippen LogP contribution is 2.11. The van der Waals surface area contributed by atoms with E-state index in [0.29, 0.717) is 5.56 Å². The van der Waals surface area contributed by atoms with Gasteiger partial charge in [0.1, 0.15) is 0 Å². The first-order chi connectivity index (χ1) is 5.68.